The molecule has 0 saturated carbocycles. The molecule has 0 spiro atoms. The molecule has 0 unspecified atom stereocenters. The fourth-order valence-corrected chi connectivity index (χ4v) is 4.13. The summed E-state index contributed by atoms with van der Waals surface area (Å²) in [6, 6.07) is 19.1. The van der Waals surface area contributed by atoms with Crippen molar-refractivity contribution in [2.45, 2.75) is 33.1 Å². The van der Waals surface area contributed by atoms with E-state index in [1.54, 1.807) is 0 Å². The van der Waals surface area contributed by atoms with Crippen molar-refractivity contribution in [3.63, 3.8) is 0 Å². The van der Waals surface area contributed by atoms with Crippen molar-refractivity contribution < 1.29 is 9.47 Å². The van der Waals surface area contributed by atoms with E-state index in [1.165, 1.54) is 22.1 Å². The molecule has 0 amide bonds. The van der Waals surface area contributed by atoms with E-state index >= 15 is 0 Å². The lowest BCUT2D eigenvalue weighted by molar-refractivity contribution is 0.446. The second-order valence-corrected chi connectivity index (χ2v) is 8.32. The molecule has 0 aromatic heterocycles. The monoisotopic (exact) mass is 340 g/mol. The Hall–Kier alpha value is -2.68. The maximum Gasteiger partial charge on any atom is 0.260 e. The molecule has 0 aliphatic carbocycles. The van der Waals surface area contributed by atoms with Crippen LogP contribution in [0.25, 0.3) is 0 Å². The van der Waals surface area contributed by atoms with Crippen LogP contribution in [0.2, 0.25) is 0 Å². The highest BCUT2D eigenvalue weighted by atomic mass is 16.5. The van der Waals surface area contributed by atoms with Gasteiger partial charge in [-0.1, -0.05) is 57.2 Å². The molecule has 0 saturated heterocycles. The number of benzene rings is 3. The van der Waals surface area contributed by atoms with E-state index in [1.807, 2.05) is 6.07 Å². The van der Waals surface area contributed by atoms with Gasteiger partial charge in [0.05, 0.1) is 0 Å². The Bertz CT molecular complexity index is 1050. The van der Waals surface area contributed by atoms with Gasteiger partial charge in [-0.25, -0.2) is 0 Å². The van der Waals surface area contributed by atoms with Crippen LogP contribution in [0.5, 0.6) is 23.0 Å². The predicted molar refractivity (Wildman–Crippen MR) is 108 cm³/mol. The minimum atomic E-state index is -0.00521. The number of rotatable bonds is 0. The molecule has 0 radical (unpaired) electrons. The maximum absolute atomic E-state index is 6.44. The number of hydrogen-bond donors (Lipinski definition) is 0. The van der Waals surface area contributed by atoms with Crippen LogP contribution in [0, 0.1) is 6.92 Å². The zero-order valence-corrected chi connectivity index (χ0v) is 15.6. The smallest absolute Gasteiger partial charge is 0.260 e. The standard InChI is InChI=1S/C23H21BO2/c1-14-9-11-17-20(13-14)25-19-12-10-15(23(2,3)4)22-21(19)24(17)16-7-5-6-8-18(16)26-22/h5-13H,1-4H3. The summed E-state index contributed by atoms with van der Waals surface area (Å²) >= 11 is 0. The molecular formula is C23H21BO2. The normalized spacial score (nSPS) is 13.9. The van der Waals surface area contributed by atoms with E-state index in [-0.39, 0.29) is 12.1 Å². The van der Waals surface area contributed by atoms with Gasteiger partial charge in [0, 0.05) is 5.46 Å². The first-order valence-electron chi connectivity index (χ1n) is 9.16. The van der Waals surface area contributed by atoms with E-state index in [9.17, 15) is 0 Å². The summed E-state index contributed by atoms with van der Waals surface area (Å²) < 4.78 is 12.7. The van der Waals surface area contributed by atoms with E-state index in [2.05, 4.69) is 76.2 Å². The third-order valence-corrected chi connectivity index (χ3v) is 5.39. The minimum absolute atomic E-state index is 0.00521. The lowest BCUT2D eigenvalue weighted by Gasteiger charge is -2.36. The highest BCUT2D eigenvalue weighted by Gasteiger charge is 2.41. The molecule has 0 N–H and O–H groups in total. The molecule has 0 fully saturated rings. The van der Waals surface area contributed by atoms with Gasteiger partial charge < -0.3 is 9.47 Å². The topological polar surface area (TPSA) is 18.5 Å². The largest absolute Gasteiger partial charge is 0.458 e. The van der Waals surface area contributed by atoms with E-state index in [4.69, 9.17) is 9.47 Å². The summed E-state index contributed by atoms with van der Waals surface area (Å²) in [5.41, 5.74) is 6.00. The molecule has 26 heavy (non-hydrogen) atoms. The first kappa shape index (κ1) is 15.6. The second-order valence-electron chi connectivity index (χ2n) is 8.32. The maximum atomic E-state index is 6.44. The zero-order chi connectivity index (χ0) is 18.1. The third-order valence-electron chi connectivity index (χ3n) is 5.39. The van der Waals surface area contributed by atoms with Crippen molar-refractivity contribution in [2.75, 3.05) is 0 Å². The molecule has 2 aliphatic rings. The molecule has 3 heteroatoms. The van der Waals surface area contributed by atoms with Gasteiger partial charge >= 0.3 is 0 Å². The van der Waals surface area contributed by atoms with E-state index in [0.717, 1.165) is 28.5 Å². The van der Waals surface area contributed by atoms with Crippen LogP contribution in [0.15, 0.2) is 54.6 Å². The van der Waals surface area contributed by atoms with Crippen LogP contribution < -0.4 is 25.9 Å². The van der Waals surface area contributed by atoms with Crippen LogP contribution in [-0.4, -0.2) is 6.71 Å². The summed E-state index contributed by atoms with van der Waals surface area (Å²) in [7, 11) is 0. The van der Waals surface area contributed by atoms with Gasteiger partial charge in [0.25, 0.3) is 6.71 Å². The third kappa shape index (κ3) is 2.13. The van der Waals surface area contributed by atoms with Gasteiger partial charge in [0.15, 0.2) is 0 Å². The molecule has 3 aromatic rings. The molecule has 128 valence electrons. The van der Waals surface area contributed by atoms with E-state index in [0.29, 0.717) is 0 Å². The summed E-state index contributed by atoms with van der Waals surface area (Å²) in [6.07, 6.45) is 0. The van der Waals surface area contributed by atoms with Gasteiger partial charge in [-0.3, -0.25) is 0 Å². The van der Waals surface area contributed by atoms with Crippen molar-refractivity contribution >= 4 is 23.1 Å². The molecule has 0 bridgehead atoms. The molecule has 0 atom stereocenters. The second kappa shape index (κ2) is 5.17. The lowest BCUT2D eigenvalue weighted by Crippen LogP contribution is -2.57. The van der Waals surface area contributed by atoms with Crippen LogP contribution in [-0.2, 0) is 5.41 Å². The molecule has 3 aromatic carbocycles. The quantitative estimate of drug-likeness (QED) is 0.397. The Morgan fingerprint density at radius 2 is 1.54 bits per heavy atom. The zero-order valence-electron chi connectivity index (χ0n) is 15.6. The highest BCUT2D eigenvalue weighted by molar-refractivity contribution is 6.98. The highest BCUT2D eigenvalue weighted by Crippen LogP contribution is 2.40. The van der Waals surface area contributed by atoms with Crippen molar-refractivity contribution in [1.29, 1.82) is 0 Å². The Kier molecular flexibility index (Phi) is 3.09. The first-order chi connectivity index (χ1) is 12.4. The molecule has 2 aliphatic heterocycles. The van der Waals surface area contributed by atoms with Crippen molar-refractivity contribution in [1.82, 2.24) is 0 Å². The van der Waals surface area contributed by atoms with Crippen molar-refractivity contribution in [3.05, 3.63) is 65.7 Å². The van der Waals surface area contributed by atoms with Gasteiger partial charge in [0.1, 0.15) is 23.0 Å². The van der Waals surface area contributed by atoms with Gasteiger partial charge in [0.2, 0.25) is 0 Å². The molecule has 2 heterocycles. The number of para-hydroxylation sites is 1. The van der Waals surface area contributed by atoms with Crippen molar-refractivity contribution in [2.24, 2.45) is 0 Å². The Labute approximate surface area is 154 Å². The SMILES string of the molecule is Cc1ccc2c(c1)Oc1ccc(C(C)(C)C)c3c1B2c1ccccc1O3. The van der Waals surface area contributed by atoms with Crippen LogP contribution in [0.1, 0.15) is 31.9 Å². The van der Waals surface area contributed by atoms with Crippen LogP contribution in [0.4, 0.5) is 0 Å². The fourth-order valence-electron chi connectivity index (χ4n) is 4.13. The predicted octanol–water partition coefficient (Wildman–Crippen LogP) is 4.02. The molecule has 2 nitrogen and oxygen atoms in total. The minimum Gasteiger partial charge on any atom is -0.458 e. The average Bonchev–Trinajstić information content (AvgIpc) is 2.60. The first-order valence-corrected chi connectivity index (χ1v) is 9.16. The van der Waals surface area contributed by atoms with Gasteiger partial charge in [-0.2, -0.15) is 0 Å². The average molecular weight is 340 g/mol. The summed E-state index contributed by atoms with van der Waals surface area (Å²) in [6.45, 7) is 8.93. The van der Waals surface area contributed by atoms with Gasteiger partial charge in [-0.15, -0.1) is 0 Å². The van der Waals surface area contributed by atoms with Gasteiger partial charge in [-0.05, 0) is 52.6 Å². The van der Waals surface area contributed by atoms with Crippen LogP contribution in [0.3, 0.4) is 0 Å². The molecular weight excluding hydrogens is 319 g/mol. The number of aryl methyl sites for hydroxylation is 1. The Morgan fingerprint density at radius 1 is 0.769 bits per heavy atom. The van der Waals surface area contributed by atoms with E-state index < -0.39 is 0 Å². The lowest BCUT2D eigenvalue weighted by atomic mass is 9.34. The number of fused-ring (bicyclic) bond motifs is 4. The van der Waals surface area contributed by atoms with Crippen molar-refractivity contribution in [3.8, 4) is 23.0 Å². The van der Waals surface area contributed by atoms with Crippen LogP contribution >= 0.6 is 0 Å². The summed E-state index contributed by atoms with van der Waals surface area (Å²) in [5, 5.41) is 0. The Morgan fingerprint density at radius 3 is 2.35 bits per heavy atom. The summed E-state index contributed by atoms with van der Waals surface area (Å²) in [4.78, 5) is 0. The summed E-state index contributed by atoms with van der Waals surface area (Å²) in [5.74, 6) is 3.77. The molecule has 5 rings (SSSR count). The Balaban J connectivity index is 1.85. The fraction of sp³-hybridized carbons (Fsp3) is 0.217. The number of ether oxygens (including phenoxy) is 2. The number of hydrogen-bond acceptors (Lipinski definition) is 2.